The lowest BCUT2D eigenvalue weighted by atomic mass is 10.2. The van der Waals surface area contributed by atoms with Crippen LogP contribution in [0.2, 0.25) is 0 Å². The zero-order valence-electron chi connectivity index (χ0n) is 11.2. The molecule has 0 unspecified atom stereocenters. The Morgan fingerprint density at radius 3 is 3.05 bits per heavy atom. The van der Waals surface area contributed by atoms with E-state index in [1.807, 2.05) is 6.92 Å². The van der Waals surface area contributed by atoms with Gasteiger partial charge < -0.3 is 14.3 Å². The second-order valence-electron chi connectivity index (χ2n) is 4.43. The lowest BCUT2D eigenvalue weighted by molar-refractivity contribution is 0.0697. The number of rotatable bonds is 5. The Hall–Kier alpha value is -2.41. The van der Waals surface area contributed by atoms with E-state index in [0.29, 0.717) is 17.7 Å². The summed E-state index contributed by atoms with van der Waals surface area (Å²) in [6.45, 7) is 2.39. The Bertz CT molecular complexity index is 793. The number of aromatic carboxylic acids is 1. The fourth-order valence-corrected chi connectivity index (χ4v) is 2.66. The molecule has 7 heteroatoms. The van der Waals surface area contributed by atoms with Gasteiger partial charge in [-0.1, -0.05) is 0 Å². The summed E-state index contributed by atoms with van der Waals surface area (Å²) >= 11 is 1.59. The molecule has 0 aliphatic rings. The predicted molar refractivity (Wildman–Crippen MR) is 77.0 cm³/mol. The van der Waals surface area contributed by atoms with Gasteiger partial charge >= 0.3 is 12.0 Å². The van der Waals surface area contributed by atoms with Gasteiger partial charge in [0.05, 0.1) is 23.4 Å². The van der Waals surface area contributed by atoms with Gasteiger partial charge in [-0.15, -0.1) is 11.3 Å². The largest absolute Gasteiger partial charge is 0.478 e. The fourth-order valence-electron chi connectivity index (χ4n) is 1.90. The van der Waals surface area contributed by atoms with E-state index in [9.17, 15) is 4.79 Å². The first kappa shape index (κ1) is 13.6. The van der Waals surface area contributed by atoms with Crippen molar-refractivity contribution >= 4 is 28.4 Å². The monoisotopic (exact) mass is 304 g/mol. The van der Waals surface area contributed by atoms with E-state index in [0.717, 1.165) is 12.1 Å². The second-order valence-corrected chi connectivity index (χ2v) is 5.37. The number of benzene rings is 1. The van der Waals surface area contributed by atoms with Crippen molar-refractivity contribution in [3.05, 3.63) is 39.8 Å². The summed E-state index contributed by atoms with van der Waals surface area (Å²) in [5.41, 5.74) is 3.94. The summed E-state index contributed by atoms with van der Waals surface area (Å²) in [6.07, 6.45) is 0.880. The van der Waals surface area contributed by atoms with E-state index in [4.69, 9.17) is 14.3 Å². The molecule has 0 amide bonds. The number of carboxylic acids is 1. The third kappa shape index (κ3) is 2.87. The molecule has 2 aromatic heterocycles. The van der Waals surface area contributed by atoms with E-state index in [-0.39, 0.29) is 11.6 Å². The lowest BCUT2D eigenvalue weighted by Crippen LogP contribution is -2.01. The van der Waals surface area contributed by atoms with Crippen LogP contribution in [0.1, 0.15) is 20.9 Å². The summed E-state index contributed by atoms with van der Waals surface area (Å²) in [7, 11) is 0. The molecule has 3 aromatic rings. The number of carbonyl (C=O) groups is 1. The molecule has 1 N–H and O–H groups in total. The summed E-state index contributed by atoms with van der Waals surface area (Å²) in [6, 6.07) is 4.52. The zero-order chi connectivity index (χ0) is 14.8. The van der Waals surface area contributed by atoms with Gasteiger partial charge in [-0.2, -0.15) is 4.98 Å². The summed E-state index contributed by atoms with van der Waals surface area (Å²) < 4.78 is 10.9. The minimum absolute atomic E-state index is 0.148. The molecule has 3 rings (SSSR count). The van der Waals surface area contributed by atoms with E-state index < -0.39 is 5.97 Å². The van der Waals surface area contributed by atoms with Crippen LogP contribution in [0, 0.1) is 6.92 Å². The van der Waals surface area contributed by atoms with Gasteiger partial charge in [-0.25, -0.2) is 9.78 Å². The van der Waals surface area contributed by atoms with Crippen LogP contribution in [0.25, 0.3) is 11.1 Å². The number of hydrogen-bond donors (Lipinski definition) is 1. The number of nitrogens with zero attached hydrogens (tertiary/aromatic N) is 2. The van der Waals surface area contributed by atoms with E-state index in [1.165, 1.54) is 17.0 Å². The Balaban J connectivity index is 1.70. The van der Waals surface area contributed by atoms with Crippen molar-refractivity contribution < 1.29 is 19.1 Å². The topological polar surface area (TPSA) is 85.5 Å². The van der Waals surface area contributed by atoms with Crippen molar-refractivity contribution in [2.24, 2.45) is 0 Å². The maximum atomic E-state index is 10.9. The first-order valence-corrected chi connectivity index (χ1v) is 7.17. The lowest BCUT2D eigenvalue weighted by Gasteiger charge is -1.99. The molecule has 0 atom stereocenters. The van der Waals surface area contributed by atoms with Gasteiger partial charge in [-0.05, 0) is 25.1 Å². The number of aromatic nitrogens is 2. The Morgan fingerprint density at radius 1 is 1.48 bits per heavy atom. The minimum Gasteiger partial charge on any atom is -0.478 e. The number of aryl methyl sites for hydroxylation is 1. The van der Waals surface area contributed by atoms with Crippen LogP contribution < -0.4 is 4.74 Å². The Kier molecular flexibility index (Phi) is 3.57. The fraction of sp³-hybridized carbons (Fsp3) is 0.214. The molecule has 21 heavy (non-hydrogen) atoms. The normalized spacial score (nSPS) is 10.9. The van der Waals surface area contributed by atoms with Gasteiger partial charge in [-0.3, -0.25) is 0 Å². The molecule has 0 saturated carbocycles. The third-order valence-corrected chi connectivity index (χ3v) is 4.01. The number of hydrogen-bond acceptors (Lipinski definition) is 6. The van der Waals surface area contributed by atoms with E-state index in [2.05, 4.69) is 9.97 Å². The molecule has 0 bridgehead atoms. The number of thiazole rings is 1. The number of fused-ring (bicyclic) bond motifs is 1. The van der Waals surface area contributed by atoms with Gasteiger partial charge in [0.1, 0.15) is 5.52 Å². The molecule has 0 spiro atoms. The van der Waals surface area contributed by atoms with Crippen LogP contribution >= 0.6 is 11.3 Å². The van der Waals surface area contributed by atoms with Crippen molar-refractivity contribution in [1.82, 2.24) is 9.97 Å². The van der Waals surface area contributed by atoms with E-state index in [1.54, 1.807) is 22.9 Å². The van der Waals surface area contributed by atoms with Crippen LogP contribution in [-0.2, 0) is 6.42 Å². The number of oxazole rings is 1. The molecular weight excluding hydrogens is 292 g/mol. The quantitative estimate of drug-likeness (QED) is 0.780. The molecule has 108 valence electrons. The van der Waals surface area contributed by atoms with Crippen LogP contribution in [0.5, 0.6) is 6.08 Å². The van der Waals surface area contributed by atoms with Crippen LogP contribution in [0.3, 0.4) is 0 Å². The van der Waals surface area contributed by atoms with Gasteiger partial charge in [0, 0.05) is 11.3 Å². The highest BCUT2D eigenvalue weighted by molar-refractivity contribution is 7.09. The SMILES string of the molecule is Cc1ncsc1CCOc1nc2ccc(C(=O)O)cc2o1. The van der Waals surface area contributed by atoms with Crippen molar-refractivity contribution in [2.75, 3.05) is 6.61 Å². The van der Waals surface area contributed by atoms with Crippen molar-refractivity contribution in [3.63, 3.8) is 0 Å². The highest BCUT2D eigenvalue weighted by Gasteiger charge is 2.11. The number of ether oxygens (including phenoxy) is 1. The van der Waals surface area contributed by atoms with Crippen molar-refractivity contribution in [3.8, 4) is 6.08 Å². The second kappa shape index (κ2) is 5.53. The summed E-state index contributed by atoms with van der Waals surface area (Å²) in [4.78, 5) is 20.4. The Labute approximate surface area is 124 Å². The molecule has 0 radical (unpaired) electrons. The molecule has 0 aliphatic carbocycles. The highest BCUT2D eigenvalue weighted by atomic mass is 32.1. The predicted octanol–water partition coefficient (Wildman–Crippen LogP) is 2.91. The molecule has 0 saturated heterocycles. The maximum Gasteiger partial charge on any atom is 0.394 e. The van der Waals surface area contributed by atoms with Gasteiger partial charge in [0.25, 0.3) is 0 Å². The van der Waals surface area contributed by atoms with Gasteiger partial charge in [0.15, 0.2) is 5.58 Å². The Morgan fingerprint density at radius 2 is 2.33 bits per heavy atom. The van der Waals surface area contributed by atoms with Crippen LogP contribution in [0.4, 0.5) is 0 Å². The van der Waals surface area contributed by atoms with Crippen LogP contribution in [0.15, 0.2) is 28.1 Å². The summed E-state index contributed by atoms with van der Waals surface area (Å²) in [5, 5.41) is 8.93. The maximum absolute atomic E-state index is 10.9. The van der Waals surface area contributed by atoms with Crippen LogP contribution in [-0.4, -0.2) is 27.7 Å². The molecular formula is C14H12N2O4S. The van der Waals surface area contributed by atoms with Crippen molar-refractivity contribution in [1.29, 1.82) is 0 Å². The summed E-state index contributed by atoms with van der Waals surface area (Å²) in [5.74, 6) is -1.00. The van der Waals surface area contributed by atoms with Gasteiger partial charge in [0.2, 0.25) is 0 Å². The minimum atomic E-state index is -1.00. The molecule has 0 aliphatic heterocycles. The average molecular weight is 304 g/mol. The first-order valence-electron chi connectivity index (χ1n) is 6.29. The average Bonchev–Trinajstić information content (AvgIpc) is 3.04. The number of carboxylic acid groups (broad SMARTS) is 1. The smallest absolute Gasteiger partial charge is 0.394 e. The third-order valence-electron chi connectivity index (χ3n) is 3.02. The zero-order valence-corrected chi connectivity index (χ0v) is 12.0. The standard InChI is InChI=1S/C14H12N2O4S/c1-8-12(21-7-15-8)4-5-19-14-16-10-3-2-9(13(17)18)6-11(10)20-14/h2-3,6-7H,4-5H2,1H3,(H,17,18). The molecule has 1 aromatic carbocycles. The molecule has 0 fully saturated rings. The van der Waals surface area contributed by atoms with E-state index >= 15 is 0 Å². The highest BCUT2D eigenvalue weighted by Crippen LogP contribution is 2.22. The molecule has 2 heterocycles. The first-order chi connectivity index (χ1) is 10.1. The molecule has 6 nitrogen and oxygen atoms in total. The van der Waals surface area contributed by atoms with Crippen molar-refractivity contribution in [2.45, 2.75) is 13.3 Å².